The van der Waals surface area contributed by atoms with Crippen molar-refractivity contribution in [3.05, 3.63) is 0 Å². The minimum atomic E-state index is -0.172. The monoisotopic (exact) mass is 262 g/mol. The average Bonchev–Trinajstić information content (AvgIpc) is 2.36. The maximum atomic E-state index is 5.96. The van der Waals surface area contributed by atoms with Crippen molar-refractivity contribution in [3.63, 3.8) is 0 Å². The van der Waals surface area contributed by atoms with Gasteiger partial charge in [-0.3, -0.25) is 0 Å². The number of ether oxygens (including phenoxy) is 3. The maximum Gasteiger partial charge on any atom is 0.324 e. The summed E-state index contributed by atoms with van der Waals surface area (Å²) in [7, 11) is 4.52. The molecule has 0 fully saturated rings. The number of nitrogens with one attached hydrogen (secondary N) is 1. The standard InChI is InChI=1S/C9H15ClN4O3/c1-15-5-6(10)4-11-7-12-8(16-2)14-9(13-7)17-3/h6H,4-5H2,1-3H3,(H,11,12,13,14). The third-order valence-corrected chi connectivity index (χ3v) is 2.07. The van der Waals surface area contributed by atoms with Crippen LogP contribution in [0, 0.1) is 0 Å². The molecular weight excluding hydrogens is 248 g/mol. The van der Waals surface area contributed by atoms with E-state index in [1.807, 2.05) is 0 Å². The molecule has 0 saturated heterocycles. The van der Waals surface area contributed by atoms with Crippen LogP contribution in [-0.4, -0.2) is 54.8 Å². The van der Waals surface area contributed by atoms with Gasteiger partial charge in [0.05, 0.1) is 26.2 Å². The Hall–Kier alpha value is -1.34. The Morgan fingerprint density at radius 3 is 2.18 bits per heavy atom. The van der Waals surface area contributed by atoms with Gasteiger partial charge in [0, 0.05) is 13.7 Å². The Morgan fingerprint density at radius 1 is 1.12 bits per heavy atom. The molecule has 0 amide bonds. The fraction of sp³-hybridized carbons (Fsp3) is 0.667. The van der Waals surface area contributed by atoms with Crippen LogP contribution in [0.2, 0.25) is 0 Å². The van der Waals surface area contributed by atoms with Gasteiger partial charge < -0.3 is 19.5 Å². The molecule has 1 N–H and O–H groups in total. The maximum absolute atomic E-state index is 5.96. The molecule has 0 aromatic carbocycles. The van der Waals surface area contributed by atoms with Crippen LogP contribution in [0.3, 0.4) is 0 Å². The SMILES string of the molecule is COCC(Cl)CNc1nc(OC)nc(OC)n1. The highest BCUT2D eigenvalue weighted by Crippen LogP contribution is 2.12. The molecule has 1 atom stereocenters. The van der Waals surface area contributed by atoms with Gasteiger partial charge in [-0.2, -0.15) is 9.97 Å². The molecule has 0 saturated carbocycles. The van der Waals surface area contributed by atoms with Gasteiger partial charge in [0.25, 0.3) is 0 Å². The molecule has 1 heterocycles. The van der Waals surface area contributed by atoms with Crippen molar-refractivity contribution in [1.29, 1.82) is 0 Å². The van der Waals surface area contributed by atoms with E-state index in [2.05, 4.69) is 20.3 Å². The van der Waals surface area contributed by atoms with Gasteiger partial charge in [0.1, 0.15) is 0 Å². The molecule has 1 aromatic heterocycles. The van der Waals surface area contributed by atoms with E-state index in [1.165, 1.54) is 14.2 Å². The summed E-state index contributed by atoms with van der Waals surface area (Å²) in [6.07, 6.45) is 0. The average molecular weight is 263 g/mol. The van der Waals surface area contributed by atoms with Crippen molar-refractivity contribution in [2.24, 2.45) is 0 Å². The molecule has 1 aromatic rings. The predicted molar refractivity (Wildman–Crippen MR) is 62.9 cm³/mol. The molecule has 1 unspecified atom stereocenters. The molecule has 96 valence electrons. The van der Waals surface area contributed by atoms with Crippen LogP contribution in [0.5, 0.6) is 12.0 Å². The number of hydrogen-bond donors (Lipinski definition) is 1. The molecule has 0 spiro atoms. The summed E-state index contributed by atoms with van der Waals surface area (Å²) >= 11 is 5.96. The number of anilines is 1. The van der Waals surface area contributed by atoms with Crippen molar-refractivity contribution in [3.8, 4) is 12.0 Å². The lowest BCUT2D eigenvalue weighted by Crippen LogP contribution is -2.20. The third kappa shape index (κ3) is 4.58. The highest BCUT2D eigenvalue weighted by molar-refractivity contribution is 6.21. The molecule has 0 aliphatic rings. The summed E-state index contributed by atoms with van der Waals surface area (Å²) in [5, 5.41) is 2.77. The van der Waals surface area contributed by atoms with Crippen molar-refractivity contribution < 1.29 is 14.2 Å². The minimum absolute atomic E-state index is 0.172. The number of rotatable bonds is 7. The van der Waals surface area contributed by atoms with Crippen LogP contribution in [0.1, 0.15) is 0 Å². The molecule has 0 radical (unpaired) electrons. The second-order valence-electron chi connectivity index (χ2n) is 3.07. The highest BCUT2D eigenvalue weighted by atomic mass is 35.5. The van der Waals surface area contributed by atoms with Crippen molar-refractivity contribution in [1.82, 2.24) is 15.0 Å². The topological polar surface area (TPSA) is 78.4 Å². The number of methoxy groups -OCH3 is 3. The number of aromatic nitrogens is 3. The molecule has 17 heavy (non-hydrogen) atoms. The Labute approximate surface area is 104 Å². The number of halogens is 1. The predicted octanol–water partition coefficient (Wildman–Crippen LogP) is 0.554. The molecule has 7 nitrogen and oxygen atoms in total. The lowest BCUT2D eigenvalue weighted by molar-refractivity contribution is 0.200. The molecule has 0 aliphatic heterocycles. The van der Waals surface area contributed by atoms with E-state index in [4.69, 9.17) is 25.8 Å². The van der Waals surface area contributed by atoms with Crippen LogP contribution in [0.4, 0.5) is 5.95 Å². The number of nitrogens with zero attached hydrogens (tertiary/aromatic N) is 3. The van der Waals surface area contributed by atoms with Gasteiger partial charge in [0.15, 0.2) is 0 Å². The smallest absolute Gasteiger partial charge is 0.324 e. The van der Waals surface area contributed by atoms with Gasteiger partial charge in [-0.05, 0) is 0 Å². The summed E-state index contributed by atoms with van der Waals surface area (Å²) in [5.41, 5.74) is 0. The first-order valence-corrected chi connectivity index (χ1v) is 5.34. The Kier molecular flexibility index (Phi) is 5.71. The van der Waals surface area contributed by atoms with E-state index >= 15 is 0 Å². The Morgan fingerprint density at radius 2 is 1.71 bits per heavy atom. The molecule has 0 bridgehead atoms. The first-order chi connectivity index (χ1) is 8.19. The zero-order valence-electron chi connectivity index (χ0n) is 9.94. The quantitative estimate of drug-likeness (QED) is 0.719. The van der Waals surface area contributed by atoms with E-state index in [9.17, 15) is 0 Å². The summed E-state index contributed by atoms with van der Waals surface area (Å²) in [4.78, 5) is 11.9. The lowest BCUT2D eigenvalue weighted by atomic mass is 10.4. The molecule has 1 rings (SSSR count). The minimum Gasteiger partial charge on any atom is -0.467 e. The number of alkyl halides is 1. The van der Waals surface area contributed by atoms with Crippen molar-refractivity contribution >= 4 is 17.5 Å². The summed E-state index contributed by atoms with van der Waals surface area (Å²) < 4.78 is 14.7. The number of hydrogen-bond acceptors (Lipinski definition) is 7. The van der Waals surface area contributed by atoms with Crippen LogP contribution >= 0.6 is 11.6 Å². The van der Waals surface area contributed by atoms with Gasteiger partial charge in [0.2, 0.25) is 5.95 Å². The first-order valence-electron chi connectivity index (χ1n) is 4.90. The van der Waals surface area contributed by atoms with Crippen LogP contribution in [-0.2, 0) is 4.74 Å². The molecular formula is C9H15ClN4O3. The Bertz CT molecular complexity index is 331. The van der Waals surface area contributed by atoms with E-state index in [1.54, 1.807) is 7.11 Å². The largest absolute Gasteiger partial charge is 0.467 e. The fourth-order valence-electron chi connectivity index (χ4n) is 1.04. The summed E-state index contributed by atoms with van der Waals surface area (Å²) in [5.74, 6) is 0.343. The van der Waals surface area contributed by atoms with E-state index < -0.39 is 0 Å². The van der Waals surface area contributed by atoms with E-state index in [-0.39, 0.29) is 17.4 Å². The van der Waals surface area contributed by atoms with Crippen LogP contribution in [0.15, 0.2) is 0 Å². The summed E-state index contributed by atoms with van der Waals surface area (Å²) in [6.45, 7) is 0.902. The van der Waals surface area contributed by atoms with Crippen molar-refractivity contribution in [2.75, 3.05) is 39.8 Å². The highest BCUT2D eigenvalue weighted by Gasteiger charge is 2.09. The van der Waals surface area contributed by atoms with Gasteiger partial charge in [-0.15, -0.1) is 16.6 Å². The normalized spacial score (nSPS) is 12.0. The second-order valence-corrected chi connectivity index (χ2v) is 3.68. The summed E-state index contributed by atoms with van der Waals surface area (Å²) in [6, 6.07) is 0.356. The fourth-order valence-corrected chi connectivity index (χ4v) is 1.24. The van der Waals surface area contributed by atoms with Gasteiger partial charge in [-0.1, -0.05) is 0 Å². The van der Waals surface area contributed by atoms with Crippen LogP contribution < -0.4 is 14.8 Å². The van der Waals surface area contributed by atoms with Crippen molar-refractivity contribution in [2.45, 2.75) is 5.38 Å². The van der Waals surface area contributed by atoms with Crippen LogP contribution in [0.25, 0.3) is 0 Å². The van der Waals surface area contributed by atoms with Gasteiger partial charge >= 0.3 is 12.0 Å². The second kappa shape index (κ2) is 7.08. The van der Waals surface area contributed by atoms with E-state index in [0.717, 1.165) is 0 Å². The lowest BCUT2D eigenvalue weighted by Gasteiger charge is -2.10. The van der Waals surface area contributed by atoms with Gasteiger partial charge in [-0.25, -0.2) is 0 Å². The zero-order valence-corrected chi connectivity index (χ0v) is 10.7. The molecule has 0 aliphatic carbocycles. The Balaban J connectivity index is 2.63. The third-order valence-electron chi connectivity index (χ3n) is 1.79. The van der Waals surface area contributed by atoms with E-state index in [0.29, 0.717) is 19.1 Å². The molecule has 8 heteroatoms. The first kappa shape index (κ1) is 13.7. The zero-order chi connectivity index (χ0) is 12.7.